The molecule has 1 aliphatic rings. The second-order valence-electron chi connectivity index (χ2n) is 5.22. The Labute approximate surface area is 116 Å². The van der Waals surface area contributed by atoms with Gasteiger partial charge in [-0.1, -0.05) is 22.0 Å². The van der Waals surface area contributed by atoms with Crippen LogP contribution in [0.2, 0.25) is 0 Å². The first-order valence-corrected chi connectivity index (χ1v) is 7.25. The van der Waals surface area contributed by atoms with Crippen LogP contribution in [0.25, 0.3) is 0 Å². The fourth-order valence-corrected chi connectivity index (χ4v) is 3.07. The summed E-state index contributed by atoms with van der Waals surface area (Å²) in [7, 11) is 2.14. The van der Waals surface area contributed by atoms with E-state index in [4.69, 9.17) is 5.73 Å². The zero-order chi connectivity index (χ0) is 13.1. The molecule has 1 aromatic rings. The van der Waals surface area contributed by atoms with Crippen LogP contribution >= 0.6 is 15.9 Å². The zero-order valence-corrected chi connectivity index (χ0v) is 12.3. The van der Waals surface area contributed by atoms with E-state index < -0.39 is 0 Å². The van der Waals surface area contributed by atoms with E-state index in [9.17, 15) is 4.39 Å². The molecule has 0 radical (unpaired) electrons. The van der Waals surface area contributed by atoms with E-state index in [1.54, 1.807) is 0 Å². The number of nitrogens with two attached hydrogens (primary N) is 1. The molecule has 0 heterocycles. The summed E-state index contributed by atoms with van der Waals surface area (Å²) in [6.07, 6.45) is 4.55. The summed E-state index contributed by atoms with van der Waals surface area (Å²) in [6.45, 7) is 0.848. The topological polar surface area (TPSA) is 29.3 Å². The van der Waals surface area contributed by atoms with Crippen LogP contribution in [-0.4, -0.2) is 24.0 Å². The van der Waals surface area contributed by atoms with Gasteiger partial charge in [-0.05, 0) is 50.4 Å². The van der Waals surface area contributed by atoms with Crippen LogP contribution in [0.1, 0.15) is 31.2 Å². The summed E-state index contributed by atoms with van der Waals surface area (Å²) < 4.78 is 13.9. The van der Waals surface area contributed by atoms with E-state index in [-0.39, 0.29) is 5.82 Å². The first-order chi connectivity index (χ1) is 8.56. The number of rotatable bonds is 3. The number of nitrogens with zero attached hydrogens (tertiary/aromatic N) is 1. The third-order valence-electron chi connectivity index (χ3n) is 3.80. The fourth-order valence-electron chi connectivity index (χ4n) is 2.59. The van der Waals surface area contributed by atoms with E-state index in [2.05, 4.69) is 27.9 Å². The van der Waals surface area contributed by atoms with Gasteiger partial charge in [-0.15, -0.1) is 0 Å². The highest BCUT2D eigenvalue weighted by Crippen LogP contribution is 2.25. The normalized spacial score (nSPS) is 24.5. The first kappa shape index (κ1) is 14.0. The summed E-state index contributed by atoms with van der Waals surface area (Å²) in [5, 5.41) is 0. The molecule has 0 unspecified atom stereocenters. The SMILES string of the molecule is CN(Cc1ccc(F)cc1Br)C1CCC(N)CC1. The van der Waals surface area contributed by atoms with E-state index >= 15 is 0 Å². The van der Waals surface area contributed by atoms with Crippen LogP contribution < -0.4 is 5.73 Å². The minimum atomic E-state index is -0.197. The molecule has 0 amide bonds. The average Bonchev–Trinajstić information content (AvgIpc) is 2.33. The molecule has 1 aliphatic carbocycles. The molecule has 0 aromatic heterocycles. The standard InChI is InChI=1S/C14H20BrFN2/c1-18(13-6-4-12(17)5-7-13)9-10-2-3-11(16)8-14(10)15/h2-3,8,12-13H,4-7,9,17H2,1H3. The predicted octanol–water partition coefficient (Wildman–Crippen LogP) is 3.29. The van der Waals surface area contributed by atoms with Crippen molar-refractivity contribution >= 4 is 15.9 Å². The molecule has 0 bridgehead atoms. The monoisotopic (exact) mass is 314 g/mol. The second kappa shape index (κ2) is 6.13. The molecule has 0 atom stereocenters. The van der Waals surface area contributed by atoms with Gasteiger partial charge in [-0.2, -0.15) is 0 Å². The summed E-state index contributed by atoms with van der Waals surface area (Å²) in [6, 6.07) is 5.88. The Morgan fingerprint density at radius 1 is 1.33 bits per heavy atom. The van der Waals surface area contributed by atoms with Crippen molar-refractivity contribution in [3.63, 3.8) is 0 Å². The summed E-state index contributed by atoms with van der Waals surface area (Å²) in [5.41, 5.74) is 7.06. The predicted molar refractivity (Wildman–Crippen MR) is 75.8 cm³/mol. The number of hydrogen-bond acceptors (Lipinski definition) is 2. The molecule has 18 heavy (non-hydrogen) atoms. The zero-order valence-electron chi connectivity index (χ0n) is 10.7. The summed E-state index contributed by atoms with van der Waals surface area (Å²) in [4.78, 5) is 2.35. The van der Waals surface area contributed by atoms with Gasteiger partial charge in [0.2, 0.25) is 0 Å². The third kappa shape index (κ3) is 3.53. The Kier molecular flexibility index (Phi) is 4.76. The molecular formula is C14H20BrFN2. The van der Waals surface area contributed by atoms with Gasteiger partial charge < -0.3 is 5.73 Å². The van der Waals surface area contributed by atoms with Gasteiger partial charge in [-0.25, -0.2) is 4.39 Å². The Balaban J connectivity index is 1.96. The molecule has 1 saturated carbocycles. The van der Waals surface area contributed by atoms with E-state index in [0.29, 0.717) is 12.1 Å². The van der Waals surface area contributed by atoms with Crippen LogP contribution in [0.5, 0.6) is 0 Å². The van der Waals surface area contributed by atoms with Crippen molar-refractivity contribution in [3.8, 4) is 0 Å². The second-order valence-corrected chi connectivity index (χ2v) is 6.07. The maximum atomic E-state index is 13.0. The van der Waals surface area contributed by atoms with E-state index in [1.807, 2.05) is 6.07 Å². The van der Waals surface area contributed by atoms with Crippen LogP contribution in [0.4, 0.5) is 4.39 Å². The van der Waals surface area contributed by atoms with Crippen molar-refractivity contribution in [2.24, 2.45) is 5.73 Å². The molecule has 0 saturated heterocycles. The maximum Gasteiger partial charge on any atom is 0.124 e. The number of halogens is 2. The van der Waals surface area contributed by atoms with Crippen molar-refractivity contribution in [1.29, 1.82) is 0 Å². The van der Waals surface area contributed by atoms with Crippen LogP contribution in [-0.2, 0) is 6.54 Å². The van der Waals surface area contributed by atoms with Gasteiger partial charge in [0.1, 0.15) is 5.82 Å². The smallest absolute Gasteiger partial charge is 0.124 e. The van der Waals surface area contributed by atoms with Gasteiger partial charge in [-0.3, -0.25) is 4.90 Å². The lowest BCUT2D eigenvalue weighted by atomic mass is 9.91. The van der Waals surface area contributed by atoms with Crippen molar-refractivity contribution in [3.05, 3.63) is 34.1 Å². The Morgan fingerprint density at radius 2 is 2.00 bits per heavy atom. The van der Waals surface area contributed by atoms with E-state index in [1.165, 1.54) is 12.1 Å². The van der Waals surface area contributed by atoms with Crippen LogP contribution in [0.3, 0.4) is 0 Å². The highest BCUT2D eigenvalue weighted by atomic mass is 79.9. The number of benzene rings is 1. The highest BCUT2D eigenvalue weighted by molar-refractivity contribution is 9.10. The van der Waals surface area contributed by atoms with Gasteiger partial charge in [0.05, 0.1) is 0 Å². The molecule has 2 nitrogen and oxygen atoms in total. The Hall–Kier alpha value is -0.450. The van der Waals surface area contributed by atoms with Gasteiger partial charge in [0, 0.05) is 23.1 Å². The lowest BCUT2D eigenvalue weighted by Crippen LogP contribution is -2.38. The lowest BCUT2D eigenvalue weighted by molar-refractivity contribution is 0.176. The number of hydrogen-bond donors (Lipinski definition) is 1. The average molecular weight is 315 g/mol. The van der Waals surface area contributed by atoms with Gasteiger partial charge in [0.25, 0.3) is 0 Å². The Morgan fingerprint density at radius 3 is 2.61 bits per heavy atom. The summed E-state index contributed by atoms with van der Waals surface area (Å²) in [5.74, 6) is -0.197. The van der Waals surface area contributed by atoms with Crippen molar-refractivity contribution in [2.45, 2.75) is 44.3 Å². The molecule has 2 N–H and O–H groups in total. The molecule has 1 aromatic carbocycles. The first-order valence-electron chi connectivity index (χ1n) is 6.46. The highest BCUT2D eigenvalue weighted by Gasteiger charge is 2.22. The quantitative estimate of drug-likeness (QED) is 0.927. The minimum absolute atomic E-state index is 0.197. The van der Waals surface area contributed by atoms with Crippen LogP contribution in [0, 0.1) is 5.82 Å². The Bertz CT molecular complexity index is 403. The molecule has 1 fully saturated rings. The van der Waals surface area contributed by atoms with Crippen molar-refractivity contribution in [2.75, 3.05) is 7.05 Å². The maximum absolute atomic E-state index is 13.0. The largest absolute Gasteiger partial charge is 0.328 e. The van der Waals surface area contributed by atoms with Gasteiger partial charge >= 0.3 is 0 Å². The van der Waals surface area contributed by atoms with Crippen molar-refractivity contribution < 1.29 is 4.39 Å². The van der Waals surface area contributed by atoms with E-state index in [0.717, 1.165) is 42.3 Å². The molecule has 100 valence electrons. The van der Waals surface area contributed by atoms with Crippen molar-refractivity contribution in [1.82, 2.24) is 4.90 Å². The lowest BCUT2D eigenvalue weighted by Gasteiger charge is -2.33. The molecule has 0 spiro atoms. The molecule has 0 aliphatic heterocycles. The fraction of sp³-hybridized carbons (Fsp3) is 0.571. The molecule has 2 rings (SSSR count). The van der Waals surface area contributed by atoms with Crippen LogP contribution in [0.15, 0.2) is 22.7 Å². The van der Waals surface area contributed by atoms with Gasteiger partial charge in [0.15, 0.2) is 0 Å². The summed E-state index contributed by atoms with van der Waals surface area (Å²) >= 11 is 3.42. The third-order valence-corrected chi connectivity index (χ3v) is 4.54. The molecular weight excluding hydrogens is 295 g/mol. The molecule has 4 heteroatoms. The minimum Gasteiger partial charge on any atom is -0.328 e.